The van der Waals surface area contributed by atoms with E-state index in [4.69, 9.17) is 27.4 Å². The van der Waals surface area contributed by atoms with Gasteiger partial charge in [-0.15, -0.1) is 0 Å². The molecule has 0 aliphatic rings. The average molecular weight is 301 g/mol. The summed E-state index contributed by atoms with van der Waals surface area (Å²) in [5, 5.41) is 0. The molecule has 0 heterocycles. The van der Waals surface area contributed by atoms with E-state index in [1.165, 1.54) is 5.56 Å². The molecule has 0 saturated heterocycles. The second-order valence-corrected chi connectivity index (χ2v) is 5.04. The molecule has 0 unspecified atom stereocenters. The summed E-state index contributed by atoms with van der Waals surface area (Å²) in [6.07, 6.45) is 0.818. The number of rotatable bonds is 8. The molecule has 3 nitrogen and oxygen atoms in total. The van der Waals surface area contributed by atoms with Crippen molar-refractivity contribution >= 4 is 17.2 Å². The van der Waals surface area contributed by atoms with Crippen molar-refractivity contribution in [2.24, 2.45) is 5.73 Å². The van der Waals surface area contributed by atoms with Crippen LogP contribution in [0.1, 0.15) is 17.5 Å². The highest BCUT2D eigenvalue weighted by Gasteiger charge is 2.04. The summed E-state index contributed by atoms with van der Waals surface area (Å²) in [5.74, 6) is 0.730. The van der Waals surface area contributed by atoms with Crippen molar-refractivity contribution < 1.29 is 9.47 Å². The van der Waals surface area contributed by atoms with Gasteiger partial charge in [-0.2, -0.15) is 0 Å². The Balaban J connectivity index is 1.67. The highest BCUT2D eigenvalue weighted by Crippen LogP contribution is 2.17. The molecule has 2 rings (SSSR count). The molecule has 21 heavy (non-hydrogen) atoms. The lowest BCUT2D eigenvalue weighted by molar-refractivity contribution is 0.107. The van der Waals surface area contributed by atoms with Crippen molar-refractivity contribution in [3.8, 4) is 5.75 Å². The maximum Gasteiger partial charge on any atom is 0.129 e. The Hall–Kier alpha value is -1.91. The molecular formula is C17H19NO2S. The molecule has 4 heteroatoms. The zero-order chi connectivity index (χ0) is 14.9. The fourth-order valence-electron chi connectivity index (χ4n) is 1.90. The van der Waals surface area contributed by atoms with Crippen LogP contribution in [0.2, 0.25) is 0 Å². The molecule has 0 aliphatic heterocycles. The van der Waals surface area contributed by atoms with E-state index in [-0.39, 0.29) is 0 Å². The minimum Gasteiger partial charge on any atom is -0.493 e. The maximum absolute atomic E-state index is 5.70. The van der Waals surface area contributed by atoms with Crippen LogP contribution < -0.4 is 10.5 Å². The average Bonchev–Trinajstić information content (AvgIpc) is 2.52. The van der Waals surface area contributed by atoms with Crippen LogP contribution in [-0.4, -0.2) is 18.2 Å². The van der Waals surface area contributed by atoms with E-state index in [0.29, 0.717) is 24.8 Å². The molecule has 110 valence electrons. The Morgan fingerprint density at radius 1 is 0.952 bits per heavy atom. The molecule has 0 fully saturated rings. The zero-order valence-corrected chi connectivity index (χ0v) is 12.6. The summed E-state index contributed by atoms with van der Waals surface area (Å²) < 4.78 is 11.3. The second kappa shape index (κ2) is 8.39. The topological polar surface area (TPSA) is 44.5 Å². The molecule has 0 saturated carbocycles. The summed E-state index contributed by atoms with van der Waals surface area (Å²) in [4.78, 5) is 0.353. The van der Waals surface area contributed by atoms with Crippen molar-refractivity contribution in [3.63, 3.8) is 0 Å². The predicted molar refractivity (Wildman–Crippen MR) is 88.5 cm³/mol. The third-order valence-corrected chi connectivity index (χ3v) is 3.17. The lowest BCUT2D eigenvalue weighted by Gasteiger charge is -2.10. The van der Waals surface area contributed by atoms with E-state index in [1.54, 1.807) is 0 Å². The smallest absolute Gasteiger partial charge is 0.129 e. The van der Waals surface area contributed by atoms with E-state index in [9.17, 15) is 0 Å². The summed E-state index contributed by atoms with van der Waals surface area (Å²) in [7, 11) is 0. The van der Waals surface area contributed by atoms with E-state index in [2.05, 4.69) is 12.1 Å². The number of hydrogen-bond acceptors (Lipinski definition) is 3. The molecule has 0 aromatic heterocycles. The maximum atomic E-state index is 5.70. The molecule has 2 aromatic carbocycles. The van der Waals surface area contributed by atoms with Crippen LogP contribution in [0.15, 0.2) is 54.6 Å². The lowest BCUT2D eigenvalue weighted by atomic mass is 10.2. The van der Waals surface area contributed by atoms with E-state index in [1.807, 2.05) is 42.5 Å². The first kappa shape index (κ1) is 15.5. The normalized spacial score (nSPS) is 10.3. The van der Waals surface area contributed by atoms with E-state index in [0.717, 1.165) is 17.7 Å². The Labute approximate surface area is 130 Å². The van der Waals surface area contributed by atoms with Gasteiger partial charge in [0.05, 0.1) is 25.4 Å². The molecule has 0 aliphatic carbocycles. The molecule has 0 radical (unpaired) electrons. The van der Waals surface area contributed by atoms with Crippen molar-refractivity contribution in [1.82, 2.24) is 0 Å². The van der Waals surface area contributed by atoms with Crippen LogP contribution in [0.25, 0.3) is 0 Å². The standard InChI is InChI=1S/C17H19NO2S/c18-17(21)15-9-4-5-10-16(15)20-12-6-11-19-13-14-7-2-1-3-8-14/h1-5,7-10H,6,11-13H2,(H2,18,21). The van der Waals surface area contributed by atoms with Gasteiger partial charge in [0.2, 0.25) is 0 Å². The zero-order valence-electron chi connectivity index (χ0n) is 11.8. The van der Waals surface area contributed by atoms with Crippen LogP contribution in [-0.2, 0) is 11.3 Å². The number of ether oxygens (including phenoxy) is 2. The summed E-state index contributed by atoms with van der Waals surface area (Å²) in [6.45, 7) is 1.86. The molecule has 0 spiro atoms. The first-order valence-corrected chi connectivity index (χ1v) is 7.31. The number of thiocarbonyl (C=S) groups is 1. The third-order valence-electron chi connectivity index (χ3n) is 2.95. The van der Waals surface area contributed by atoms with Crippen molar-refractivity contribution in [2.75, 3.05) is 13.2 Å². The van der Waals surface area contributed by atoms with Gasteiger partial charge in [0.25, 0.3) is 0 Å². The van der Waals surface area contributed by atoms with Crippen LogP contribution in [0.3, 0.4) is 0 Å². The molecule has 2 aromatic rings. The molecule has 0 bridgehead atoms. The van der Waals surface area contributed by atoms with Gasteiger partial charge < -0.3 is 15.2 Å². The summed E-state index contributed by atoms with van der Waals surface area (Å²) in [5.41, 5.74) is 7.61. The first-order valence-electron chi connectivity index (χ1n) is 6.90. The van der Waals surface area contributed by atoms with Gasteiger partial charge in [0.15, 0.2) is 0 Å². The van der Waals surface area contributed by atoms with Gasteiger partial charge in [-0.3, -0.25) is 0 Å². The molecule has 2 N–H and O–H groups in total. The quantitative estimate of drug-likeness (QED) is 0.600. The predicted octanol–water partition coefficient (Wildman–Crippen LogP) is 3.31. The van der Waals surface area contributed by atoms with Crippen molar-refractivity contribution in [2.45, 2.75) is 13.0 Å². The minimum absolute atomic E-state index is 0.353. The van der Waals surface area contributed by atoms with E-state index >= 15 is 0 Å². The van der Waals surface area contributed by atoms with Gasteiger partial charge >= 0.3 is 0 Å². The fraction of sp³-hybridized carbons (Fsp3) is 0.235. The van der Waals surface area contributed by atoms with Gasteiger partial charge in [0.1, 0.15) is 10.7 Å². The first-order chi connectivity index (χ1) is 10.3. The third kappa shape index (κ3) is 5.17. The summed E-state index contributed by atoms with van der Waals surface area (Å²) in [6, 6.07) is 17.7. The fourth-order valence-corrected chi connectivity index (χ4v) is 2.07. The minimum atomic E-state index is 0.353. The summed E-state index contributed by atoms with van der Waals surface area (Å²) >= 11 is 5.00. The molecule has 0 atom stereocenters. The SMILES string of the molecule is NC(=S)c1ccccc1OCCCOCc1ccccc1. The number of nitrogens with two attached hydrogens (primary N) is 1. The van der Waals surface area contributed by atoms with Crippen LogP contribution >= 0.6 is 12.2 Å². The lowest BCUT2D eigenvalue weighted by Crippen LogP contribution is -2.12. The number of benzene rings is 2. The molecule has 0 amide bonds. The highest BCUT2D eigenvalue weighted by atomic mass is 32.1. The van der Waals surface area contributed by atoms with Crippen molar-refractivity contribution in [3.05, 3.63) is 65.7 Å². The largest absolute Gasteiger partial charge is 0.493 e. The van der Waals surface area contributed by atoms with Crippen molar-refractivity contribution in [1.29, 1.82) is 0 Å². The highest BCUT2D eigenvalue weighted by molar-refractivity contribution is 7.80. The van der Waals surface area contributed by atoms with Gasteiger partial charge in [0, 0.05) is 6.42 Å². The Morgan fingerprint density at radius 2 is 1.67 bits per heavy atom. The van der Waals surface area contributed by atoms with E-state index < -0.39 is 0 Å². The Kier molecular flexibility index (Phi) is 6.19. The van der Waals surface area contributed by atoms with Crippen LogP contribution in [0.5, 0.6) is 5.75 Å². The monoisotopic (exact) mass is 301 g/mol. The Bertz CT molecular complexity index is 572. The van der Waals surface area contributed by atoms with Gasteiger partial charge in [-0.25, -0.2) is 0 Å². The Morgan fingerprint density at radius 3 is 2.43 bits per heavy atom. The van der Waals surface area contributed by atoms with Gasteiger partial charge in [-0.05, 0) is 17.7 Å². The van der Waals surface area contributed by atoms with Crippen LogP contribution in [0, 0.1) is 0 Å². The van der Waals surface area contributed by atoms with Crippen LogP contribution in [0.4, 0.5) is 0 Å². The number of para-hydroxylation sites is 1. The van der Waals surface area contributed by atoms with Gasteiger partial charge in [-0.1, -0.05) is 54.7 Å². The molecular weight excluding hydrogens is 282 g/mol. The second-order valence-electron chi connectivity index (χ2n) is 4.60. The number of hydrogen-bond donors (Lipinski definition) is 1.